The Labute approximate surface area is 178 Å². The fraction of sp³-hybridized carbons (Fsp3) is 0.273. The molecule has 0 fully saturated rings. The fourth-order valence-electron chi connectivity index (χ4n) is 2.90. The van der Waals surface area contributed by atoms with Gasteiger partial charge in [-0.05, 0) is 48.4 Å². The SMILES string of the molecule is COC(=O)c1cc(CNC(=O)CCc2nc(-c3ccc(F)c(C)c3)no2)ccc1OC. The monoisotopic (exact) mass is 427 g/mol. The number of carbonyl (C=O) groups excluding carboxylic acids is 2. The van der Waals surface area contributed by atoms with E-state index in [9.17, 15) is 14.0 Å². The first kappa shape index (κ1) is 21.9. The van der Waals surface area contributed by atoms with Crippen molar-refractivity contribution in [1.82, 2.24) is 15.5 Å². The summed E-state index contributed by atoms with van der Waals surface area (Å²) in [7, 11) is 2.75. The molecule has 1 aromatic heterocycles. The molecule has 162 valence electrons. The summed E-state index contributed by atoms with van der Waals surface area (Å²) in [5.41, 5.74) is 2.13. The lowest BCUT2D eigenvalue weighted by atomic mass is 10.1. The minimum atomic E-state index is -0.520. The van der Waals surface area contributed by atoms with E-state index in [0.29, 0.717) is 28.6 Å². The van der Waals surface area contributed by atoms with Crippen molar-refractivity contribution in [2.45, 2.75) is 26.3 Å². The van der Waals surface area contributed by atoms with Crippen LogP contribution in [0, 0.1) is 12.7 Å². The summed E-state index contributed by atoms with van der Waals surface area (Å²) in [6.07, 6.45) is 0.402. The molecule has 0 spiro atoms. The van der Waals surface area contributed by atoms with E-state index in [1.54, 1.807) is 37.3 Å². The normalized spacial score (nSPS) is 10.6. The van der Waals surface area contributed by atoms with Gasteiger partial charge in [-0.1, -0.05) is 11.2 Å². The second-order valence-electron chi connectivity index (χ2n) is 6.78. The van der Waals surface area contributed by atoms with Crippen LogP contribution in [-0.4, -0.2) is 36.2 Å². The number of ether oxygens (including phenoxy) is 2. The number of amides is 1. The van der Waals surface area contributed by atoms with Crippen LogP contribution in [0.4, 0.5) is 4.39 Å². The van der Waals surface area contributed by atoms with Crippen molar-refractivity contribution in [3.63, 3.8) is 0 Å². The van der Waals surface area contributed by atoms with Crippen LogP contribution in [0.2, 0.25) is 0 Å². The predicted octanol–water partition coefficient (Wildman–Crippen LogP) is 3.23. The van der Waals surface area contributed by atoms with E-state index in [1.807, 2.05) is 0 Å². The number of rotatable bonds is 8. The number of halogens is 1. The van der Waals surface area contributed by atoms with Gasteiger partial charge in [0.15, 0.2) is 0 Å². The zero-order chi connectivity index (χ0) is 22.4. The van der Waals surface area contributed by atoms with Crippen molar-refractivity contribution in [1.29, 1.82) is 0 Å². The highest BCUT2D eigenvalue weighted by Crippen LogP contribution is 2.21. The molecular formula is C22H22FN3O5. The third-order valence-electron chi connectivity index (χ3n) is 4.61. The minimum absolute atomic E-state index is 0.143. The molecule has 2 aromatic carbocycles. The van der Waals surface area contributed by atoms with Crippen LogP contribution >= 0.6 is 0 Å². The number of methoxy groups -OCH3 is 2. The van der Waals surface area contributed by atoms with Gasteiger partial charge in [0.25, 0.3) is 0 Å². The maximum absolute atomic E-state index is 13.4. The van der Waals surface area contributed by atoms with Gasteiger partial charge in [0.1, 0.15) is 17.1 Å². The number of nitrogens with zero attached hydrogens (tertiary/aromatic N) is 2. The molecule has 0 aliphatic carbocycles. The number of carbonyl (C=O) groups is 2. The van der Waals surface area contributed by atoms with Gasteiger partial charge in [-0.15, -0.1) is 0 Å². The molecule has 8 nitrogen and oxygen atoms in total. The van der Waals surface area contributed by atoms with Gasteiger partial charge in [0, 0.05) is 24.9 Å². The van der Waals surface area contributed by atoms with Crippen LogP contribution < -0.4 is 10.1 Å². The Morgan fingerprint density at radius 3 is 2.68 bits per heavy atom. The number of aromatic nitrogens is 2. The Balaban J connectivity index is 1.55. The van der Waals surface area contributed by atoms with Crippen LogP contribution in [-0.2, 0) is 22.5 Å². The molecule has 0 saturated heterocycles. The standard InChI is InChI=1S/C22H22FN3O5/c1-13-10-15(5-6-17(13)23)21-25-20(31-26-21)9-8-19(27)24-12-14-4-7-18(29-2)16(11-14)22(28)30-3/h4-7,10-11H,8-9,12H2,1-3H3,(H,24,27). The van der Waals surface area contributed by atoms with E-state index < -0.39 is 5.97 Å². The largest absolute Gasteiger partial charge is 0.496 e. The number of aryl methyl sites for hydroxylation is 2. The lowest BCUT2D eigenvalue weighted by Crippen LogP contribution is -2.23. The Kier molecular flexibility index (Phi) is 6.96. The average molecular weight is 427 g/mol. The second-order valence-corrected chi connectivity index (χ2v) is 6.78. The number of hydrogen-bond acceptors (Lipinski definition) is 7. The maximum atomic E-state index is 13.4. The van der Waals surface area contributed by atoms with Gasteiger partial charge < -0.3 is 19.3 Å². The van der Waals surface area contributed by atoms with Crippen LogP contribution in [0.25, 0.3) is 11.4 Å². The first-order valence-corrected chi connectivity index (χ1v) is 9.52. The van der Waals surface area contributed by atoms with E-state index in [0.717, 1.165) is 5.56 Å². The van der Waals surface area contributed by atoms with Crippen molar-refractivity contribution in [3.05, 3.63) is 64.8 Å². The Hall–Kier alpha value is -3.75. The molecule has 3 rings (SSSR count). The van der Waals surface area contributed by atoms with Crippen molar-refractivity contribution in [2.24, 2.45) is 0 Å². The van der Waals surface area contributed by atoms with Crippen molar-refractivity contribution in [2.75, 3.05) is 14.2 Å². The lowest BCUT2D eigenvalue weighted by Gasteiger charge is -2.10. The van der Waals surface area contributed by atoms with Gasteiger partial charge >= 0.3 is 5.97 Å². The zero-order valence-corrected chi connectivity index (χ0v) is 17.4. The maximum Gasteiger partial charge on any atom is 0.341 e. The molecule has 0 aliphatic rings. The van der Waals surface area contributed by atoms with Gasteiger partial charge in [0.2, 0.25) is 17.6 Å². The lowest BCUT2D eigenvalue weighted by molar-refractivity contribution is -0.121. The Morgan fingerprint density at radius 1 is 1.16 bits per heavy atom. The number of benzene rings is 2. The summed E-state index contributed by atoms with van der Waals surface area (Å²) in [5, 5.41) is 6.66. The Bertz CT molecular complexity index is 1100. The molecule has 9 heteroatoms. The molecule has 0 aliphatic heterocycles. The molecule has 0 atom stereocenters. The molecule has 0 saturated carbocycles. The van der Waals surface area contributed by atoms with Crippen molar-refractivity contribution < 1.29 is 28.0 Å². The zero-order valence-electron chi connectivity index (χ0n) is 17.4. The molecule has 31 heavy (non-hydrogen) atoms. The highest BCUT2D eigenvalue weighted by atomic mass is 19.1. The smallest absolute Gasteiger partial charge is 0.341 e. The van der Waals surface area contributed by atoms with E-state index in [4.69, 9.17) is 14.0 Å². The third kappa shape index (κ3) is 5.44. The fourth-order valence-corrected chi connectivity index (χ4v) is 2.90. The first-order valence-electron chi connectivity index (χ1n) is 9.52. The van der Waals surface area contributed by atoms with Gasteiger partial charge in [-0.2, -0.15) is 4.98 Å². The summed E-state index contributed by atoms with van der Waals surface area (Å²) in [5.74, 6) is 0.00296. The average Bonchev–Trinajstić information content (AvgIpc) is 3.26. The molecule has 0 radical (unpaired) electrons. The first-order chi connectivity index (χ1) is 14.9. The molecule has 0 bridgehead atoms. The molecule has 0 unspecified atom stereocenters. The molecule has 1 amide bonds. The molecule has 1 N–H and O–H groups in total. The quantitative estimate of drug-likeness (QED) is 0.551. The second kappa shape index (κ2) is 9.84. The summed E-state index contributed by atoms with van der Waals surface area (Å²) >= 11 is 0. The number of nitrogens with one attached hydrogen (secondary N) is 1. The van der Waals surface area contributed by atoms with Crippen molar-refractivity contribution >= 4 is 11.9 Å². The summed E-state index contributed by atoms with van der Waals surface area (Å²) in [6.45, 7) is 1.89. The van der Waals surface area contributed by atoms with E-state index >= 15 is 0 Å². The minimum Gasteiger partial charge on any atom is -0.496 e. The molecule has 3 aromatic rings. The molecule has 1 heterocycles. The van der Waals surface area contributed by atoms with Crippen LogP contribution in [0.3, 0.4) is 0 Å². The van der Waals surface area contributed by atoms with Gasteiger partial charge in [0.05, 0.1) is 14.2 Å². The third-order valence-corrected chi connectivity index (χ3v) is 4.61. The van der Waals surface area contributed by atoms with E-state index in [2.05, 4.69) is 15.5 Å². The summed E-state index contributed by atoms with van der Waals surface area (Å²) in [4.78, 5) is 28.3. The predicted molar refractivity (Wildman–Crippen MR) is 109 cm³/mol. The number of esters is 1. The van der Waals surface area contributed by atoms with Crippen LogP contribution in [0.1, 0.15) is 33.8 Å². The highest BCUT2D eigenvalue weighted by molar-refractivity contribution is 5.92. The van der Waals surface area contributed by atoms with Crippen molar-refractivity contribution in [3.8, 4) is 17.1 Å². The van der Waals surface area contributed by atoms with E-state index in [-0.39, 0.29) is 36.7 Å². The van der Waals surface area contributed by atoms with Gasteiger partial charge in [-0.3, -0.25) is 4.79 Å². The van der Waals surface area contributed by atoms with Crippen LogP contribution in [0.15, 0.2) is 40.9 Å². The summed E-state index contributed by atoms with van der Waals surface area (Å²) in [6, 6.07) is 9.56. The number of hydrogen-bond donors (Lipinski definition) is 1. The summed E-state index contributed by atoms with van der Waals surface area (Å²) < 4.78 is 28.5. The highest BCUT2D eigenvalue weighted by Gasteiger charge is 2.15. The van der Waals surface area contributed by atoms with Crippen LogP contribution in [0.5, 0.6) is 5.75 Å². The van der Waals surface area contributed by atoms with E-state index in [1.165, 1.54) is 20.3 Å². The Morgan fingerprint density at radius 2 is 1.97 bits per heavy atom. The van der Waals surface area contributed by atoms with Gasteiger partial charge in [-0.25, -0.2) is 9.18 Å². The topological polar surface area (TPSA) is 104 Å². The molecular weight excluding hydrogens is 405 g/mol.